The first-order valence-corrected chi connectivity index (χ1v) is 8.92. The molecule has 0 amide bonds. The monoisotopic (exact) mass is 320 g/mol. The van der Waals surface area contributed by atoms with Crippen LogP contribution in [0.1, 0.15) is 24.3 Å². The number of ether oxygens (including phenoxy) is 1. The van der Waals surface area contributed by atoms with Crippen LogP contribution < -0.4 is 5.32 Å². The van der Waals surface area contributed by atoms with Crippen LogP contribution >= 0.6 is 11.3 Å². The Balaban J connectivity index is 2.90. The number of nitrogens with one attached hydrogen (secondary N) is 1. The topological polar surface area (TPSA) is 58.6 Å². The zero-order chi connectivity index (χ0) is 15.3. The van der Waals surface area contributed by atoms with Gasteiger partial charge in [0.1, 0.15) is 4.90 Å². The third-order valence-electron chi connectivity index (χ3n) is 2.85. The normalized spacial score (nSPS) is 12.6. The zero-order valence-electron chi connectivity index (χ0n) is 12.8. The van der Waals surface area contributed by atoms with E-state index in [9.17, 15) is 8.42 Å². The van der Waals surface area contributed by atoms with E-state index in [1.165, 1.54) is 15.6 Å². The van der Waals surface area contributed by atoms with Gasteiger partial charge in [-0.1, -0.05) is 0 Å². The van der Waals surface area contributed by atoms with Gasteiger partial charge in [-0.3, -0.25) is 0 Å². The maximum atomic E-state index is 12.6. The van der Waals surface area contributed by atoms with Gasteiger partial charge in [0, 0.05) is 25.0 Å². The molecule has 1 rings (SSSR count). The first kappa shape index (κ1) is 17.6. The third kappa shape index (κ3) is 4.26. The summed E-state index contributed by atoms with van der Waals surface area (Å²) in [5, 5.41) is 4.90. The van der Waals surface area contributed by atoms with Gasteiger partial charge in [-0.05, 0) is 38.8 Å². The van der Waals surface area contributed by atoms with E-state index >= 15 is 0 Å². The molecule has 116 valence electrons. The molecule has 0 radical (unpaired) electrons. The lowest BCUT2D eigenvalue weighted by Crippen LogP contribution is -2.31. The molecule has 0 saturated carbocycles. The number of likely N-dealkylation sites (N-methyl/N-ethyl adjacent to an activating group) is 1. The van der Waals surface area contributed by atoms with Crippen molar-refractivity contribution in [2.75, 3.05) is 27.2 Å². The predicted molar refractivity (Wildman–Crippen MR) is 82.7 cm³/mol. The van der Waals surface area contributed by atoms with Crippen LogP contribution in [0.5, 0.6) is 0 Å². The standard InChI is InChI=1S/C13H24N2O3S2/c1-10(2)18-7-6-15(5)20(16,17)13-11(3)9-19-12(13)8-14-4/h9-10,14H,6-8H2,1-5H3. The minimum Gasteiger partial charge on any atom is -0.377 e. The van der Waals surface area contributed by atoms with Crippen LogP contribution in [0.3, 0.4) is 0 Å². The Labute approximate surface area is 126 Å². The van der Waals surface area contributed by atoms with Crippen LogP contribution in [-0.4, -0.2) is 46.1 Å². The number of rotatable bonds is 8. The second-order valence-corrected chi connectivity index (χ2v) is 7.89. The fourth-order valence-electron chi connectivity index (χ4n) is 1.81. The quantitative estimate of drug-likeness (QED) is 0.794. The van der Waals surface area contributed by atoms with Crippen molar-refractivity contribution in [2.45, 2.75) is 38.3 Å². The van der Waals surface area contributed by atoms with Gasteiger partial charge in [-0.25, -0.2) is 8.42 Å². The van der Waals surface area contributed by atoms with Crippen molar-refractivity contribution in [3.63, 3.8) is 0 Å². The molecule has 0 spiro atoms. The van der Waals surface area contributed by atoms with Crippen molar-refractivity contribution >= 4 is 21.4 Å². The number of aryl methyl sites for hydroxylation is 1. The second-order valence-electron chi connectivity index (χ2n) is 4.95. The molecule has 0 saturated heterocycles. The van der Waals surface area contributed by atoms with Gasteiger partial charge in [0.05, 0.1) is 12.7 Å². The average molecular weight is 320 g/mol. The van der Waals surface area contributed by atoms with E-state index in [2.05, 4.69) is 5.32 Å². The molecule has 1 N–H and O–H groups in total. The number of hydrogen-bond donors (Lipinski definition) is 1. The first-order valence-electron chi connectivity index (χ1n) is 6.60. The van der Waals surface area contributed by atoms with Gasteiger partial charge >= 0.3 is 0 Å². The highest BCUT2D eigenvalue weighted by Crippen LogP contribution is 2.28. The highest BCUT2D eigenvalue weighted by molar-refractivity contribution is 7.89. The number of nitrogens with zero attached hydrogens (tertiary/aromatic N) is 1. The first-order chi connectivity index (χ1) is 9.30. The fraction of sp³-hybridized carbons (Fsp3) is 0.692. The maximum Gasteiger partial charge on any atom is 0.244 e. The molecule has 0 aromatic carbocycles. The zero-order valence-corrected chi connectivity index (χ0v) is 14.4. The molecule has 7 heteroatoms. The smallest absolute Gasteiger partial charge is 0.244 e. The summed E-state index contributed by atoms with van der Waals surface area (Å²) >= 11 is 1.47. The molecule has 1 aromatic heterocycles. The number of sulfonamides is 1. The predicted octanol–water partition coefficient (Wildman–Crippen LogP) is 1.82. The van der Waals surface area contributed by atoms with Crippen molar-refractivity contribution in [1.82, 2.24) is 9.62 Å². The van der Waals surface area contributed by atoms with Crippen molar-refractivity contribution in [3.05, 3.63) is 15.8 Å². The Morgan fingerprint density at radius 3 is 2.65 bits per heavy atom. The van der Waals surface area contributed by atoms with Gasteiger partial charge in [0.2, 0.25) is 10.0 Å². The van der Waals surface area contributed by atoms with E-state index in [0.29, 0.717) is 24.6 Å². The summed E-state index contributed by atoms with van der Waals surface area (Å²) in [5.41, 5.74) is 0.803. The molecule has 0 aliphatic carbocycles. The van der Waals surface area contributed by atoms with E-state index in [4.69, 9.17) is 4.74 Å². The van der Waals surface area contributed by atoms with Crippen molar-refractivity contribution in [1.29, 1.82) is 0 Å². The molecular formula is C13H24N2O3S2. The summed E-state index contributed by atoms with van der Waals surface area (Å²) in [6.45, 7) is 7.02. The summed E-state index contributed by atoms with van der Waals surface area (Å²) in [6.07, 6.45) is 0.105. The van der Waals surface area contributed by atoms with Crippen molar-refractivity contribution in [2.24, 2.45) is 0 Å². The minimum atomic E-state index is -3.45. The van der Waals surface area contributed by atoms with Gasteiger partial charge < -0.3 is 10.1 Å². The summed E-state index contributed by atoms with van der Waals surface area (Å²) in [6, 6.07) is 0. The summed E-state index contributed by atoms with van der Waals surface area (Å²) in [5.74, 6) is 0. The Bertz CT molecular complexity index is 524. The lowest BCUT2D eigenvalue weighted by molar-refractivity contribution is 0.0737. The maximum absolute atomic E-state index is 12.6. The lowest BCUT2D eigenvalue weighted by Gasteiger charge is -2.19. The van der Waals surface area contributed by atoms with Gasteiger partial charge in [0.15, 0.2) is 0 Å². The largest absolute Gasteiger partial charge is 0.377 e. The SMILES string of the molecule is CNCc1scc(C)c1S(=O)(=O)N(C)CCOC(C)C. The average Bonchev–Trinajstić information content (AvgIpc) is 2.71. The van der Waals surface area contributed by atoms with E-state index in [1.807, 2.05) is 33.2 Å². The Morgan fingerprint density at radius 2 is 2.10 bits per heavy atom. The van der Waals surface area contributed by atoms with Crippen molar-refractivity contribution in [3.8, 4) is 0 Å². The van der Waals surface area contributed by atoms with E-state index in [1.54, 1.807) is 7.05 Å². The number of thiophene rings is 1. The molecule has 20 heavy (non-hydrogen) atoms. The number of hydrogen-bond acceptors (Lipinski definition) is 5. The molecular weight excluding hydrogens is 296 g/mol. The molecule has 0 aliphatic rings. The molecule has 1 aromatic rings. The minimum absolute atomic E-state index is 0.105. The van der Waals surface area contributed by atoms with Gasteiger partial charge in [-0.15, -0.1) is 11.3 Å². The fourth-order valence-corrected chi connectivity index (χ4v) is 4.73. The molecule has 0 bridgehead atoms. The summed E-state index contributed by atoms with van der Waals surface area (Å²) in [7, 11) is -0.0457. The van der Waals surface area contributed by atoms with Crippen LogP contribution in [0, 0.1) is 6.92 Å². The summed E-state index contributed by atoms with van der Waals surface area (Å²) < 4.78 is 32.1. The van der Waals surface area contributed by atoms with Crippen LogP contribution in [0.4, 0.5) is 0 Å². The Kier molecular flexibility index (Phi) is 6.60. The second kappa shape index (κ2) is 7.51. The van der Waals surface area contributed by atoms with Crippen LogP contribution in [0.25, 0.3) is 0 Å². The van der Waals surface area contributed by atoms with E-state index in [0.717, 1.165) is 10.4 Å². The molecule has 0 atom stereocenters. The van der Waals surface area contributed by atoms with E-state index < -0.39 is 10.0 Å². The highest BCUT2D eigenvalue weighted by Gasteiger charge is 2.26. The Hall–Kier alpha value is -0.470. The van der Waals surface area contributed by atoms with Gasteiger partial charge in [0.25, 0.3) is 0 Å². The van der Waals surface area contributed by atoms with Crippen LogP contribution in [0.15, 0.2) is 10.3 Å². The van der Waals surface area contributed by atoms with E-state index in [-0.39, 0.29) is 6.10 Å². The van der Waals surface area contributed by atoms with Crippen LogP contribution in [0.2, 0.25) is 0 Å². The molecule has 1 heterocycles. The molecule has 0 aliphatic heterocycles. The van der Waals surface area contributed by atoms with Gasteiger partial charge in [-0.2, -0.15) is 4.31 Å². The molecule has 0 unspecified atom stereocenters. The van der Waals surface area contributed by atoms with Crippen LogP contribution in [-0.2, 0) is 21.3 Å². The molecule has 5 nitrogen and oxygen atoms in total. The summed E-state index contributed by atoms with van der Waals surface area (Å²) in [4.78, 5) is 1.28. The Morgan fingerprint density at radius 1 is 1.45 bits per heavy atom. The third-order valence-corrected chi connectivity index (χ3v) is 6.17. The highest BCUT2D eigenvalue weighted by atomic mass is 32.2. The van der Waals surface area contributed by atoms with Crippen molar-refractivity contribution < 1.29 is 13.2 Å². The molecule has 0 fully saturated rings. The lowest BCUT2D eigenvalue weighted by atomic mass is 10.3.